The summed E-state index contributed by atoms with van der Waals surface area (Å²) in [7, 11) is 1.60. The van der Waals surface area contributed by atoms with Crippen LogP contribution < -0.4 is 9.64 Å². The number of hydrogen-bond acceptors (Lipinski definition) is 3. The molecule has 0 bridgehead atoms. The lowest BCUT2D eigenvalue weighted by Gasteiger charge is -2.40. The van der Waals surface area contributed by atoms with Crippen molar-refractivity contribution in [3.05, 3.63) is 59.9 Å². The molecule has 1 aliphatic heterocycles. The van der Waals surface area contributed by atoms with Crippen LogP contribution in [0.25, 0.3) is 0 Å². The highest BCUT2D eigenvalue weighted by atomic mass is 19.1. The van der Waals surface area contributed by atoms with Gasteiger partial charge in [0.05, 0.1) is 5.69 Å². The summed E-state index contributed by atoms with van der Waals surface area (Å²) >= 11 is 0. The molecule has 6 heteroatoms. The minimum atomic E-state index is -1.64. The van der Waals surface area contributed by atoms with E-state index in [2.05, 4.69) is 0 Å². The number of nitrogens with zero attached hydrogens (tertiary/aromatic N) is 2. The molecule has 0 radical (unpaired) electrons. The monoisotopic (exact) mass is 356 g/mol. The number of likely N-dealkylation sites (N-methyl/N-ethyl adjacent to an activating group) is 2. The van der Waals surface area contributed by atoms with Gasteiger partial charge in [0.1, 0.15) is 11.6 Å². The van der Waals surface area contributed by atoms with Crippen LogP contribution >= 0.6 is 0 Å². The van der Waals surface area contributed by atoms with Crippen LogP contribution in [0, 0.1) is 5.82 Å². The molecule has 0 aromatic heterocycles. The number of amides is 2. The van der Waals surface area contributed by atoms with E-state index in [4.69, 9.17) is 4.74 Å². The Hall–Kier alpha value is -2.89. The van der Waals surface area contributed by atoms with Crippen LogP contribution in [0.15, 0.2) is 48.5 Å². The summed E-state index contributed by atoms with van der Waals surface area (Å²) in [6, 6.07) is 13.1. The topological polar surface area (TPSA) is 49.9 Å². The molecular weight excluding hydrogens is 335 g/mol. The lowest BCUT2D eigenvalue weighted by Crippen LogP contribution is -2.62. The van der Waals surface area contributed by atoms with Gasteiger partial charge in [0.2, 0.25) is 0 Å². The van der Waals surface area contributed by atoms with Crippen molar-refractivity contribution in [1.29, 1.82) is 0 Å². The van der Waals surface area contributed by atoms with E-state index in [0.29, 0.717) is 18.0 Å². The molecule has 0 N–H and O–H groups in total. The quantitative estimate of drug-likeness (QED) is 0.792. The number of benzene rings is 2. The zero-order valence-corrected chi connectivity index (χ0v) is 15.0. The lowest BCUT2D eigenvalue weighted by atomic mass is 9.99. The summed E-state index contributed by atoms with van der Waals surface area (Å²) < 4.78 is 18.9. The Labute approximate surface area is 152 Å². The molecule has 2 aromatic rings. The van der Waals surface area contributed by atoms with Gasteiger partial charge in [-0.25, -0.2) is 4.39 Å². The van der Waals surface area contributed by atoms with Crippen molar-refractivity contribution in [2.75, 3.05) is 18.5 Å². The van der Waals surface area contributed by atoms with Crippen LogP contribution in [0.5, 0.6) is 5.75 Å². The normalized spacial score (nSPS) is 18.9. The van der Waals surface area contributed by atoms with Gasteiger partial charge in [-0.2, -0.15) is 0 Å². The fourth-order valence-electron chi connectivity index (χ4n) is 3.15. The molecule has 3 rings (SSSR count). The molecule has 26 heavy (non-hydrogen) atoms. The smallest absolute Gasteiger partial charge is 0.280 e. The number of anilines is 1. The van der Waals surface area contributed by atoms with Gasteiger partial charge in [0.15, 0.2) is 0 Å². The van der Waals surface area contributed by atoms with Crippen LogP contribution in [0.2, 0.25) is 0 Å². The fourth-order valence-corrected chi connectivity index (χ4v) is 3.15. The maximum absolute atomic E-state index is 13.1. The van der Waals surface area contributed by atoms with Crippen molar-refractivity contribution < 1.29 is 18.7 Å². The number of para-hydroxylation sites is 2. The summed E-state index contributed by atoms with van der Waals surface area (Å²) in [5.41, 5.74) is -0.215. The second kappa shape index (κ2) is 6.78. The molecule has 2 amide bonds. The number of rotatable bonds is 4. The summed E-state index contributed by atoms with van der Waals surface area (Å²) in [5, 5.41) is 0. The average Bonchev–Trinajstić information content (AvgIpc) is 2.64. The maximum Gasteiger partial charge on any atom is 0.280 e. The fraction of sp³-hybridized carbons (Fsp3) is 0.300. The molecule has 136 valence electrons. The Balaban J connectivity index is 1.87. The summed E-state index contributed by atoms with van der Waals surface area (Å²) in [6.07, 6.45) is 0. The van der Waals surface area contributed by atoms with Crippen molar-refractivity contribution in [3.63, 3.8) is 0 Å². The van der Waals surface area contributed by atoms with Gasteiger partial charge < -0.3 is 14.5 Å². The van der Waals surface area contributed by atoms with Gasteiger partial charge in [0, 0.05) is 20.1 Å². The first-order chi connectivity index (χ1) is 12.4. The van der Waals surface area contributed by atoms with Crippen molar-refractivity contribution in [1.82, 2.24) is 4.90 Å². The largest absolute Gasteiger partial charge is 0.465 e. The van der Waals surface area contributed by atoms with E-state index >= 15 is 0 Å². The average molecular weight is 356 g/mol. The maximum atomic E-state index is 13.1. The van der Waals surface area contributed by atoms with E-state index in [9.17, 15) is 14.0 Å². The Morgan fingerprint density at radius 3 is 2.50 bits per heavy atom. The van der Waals surface area contributed by atoms with Crippen LogP contribution in [-0.2, 0) is 16.1 Å². The zero-order valence-electron chi connectivity index (χ0n) is 15.0. The van der Waals surface area contributed by atoms with Gasteiger partial charge in [-0.1, -0.05) is 24.3 Å². The summed E-state index contributed by atoms with van der Waals surface area (Å²) in [5.74, 6) is -0.676. The minimum absolute atomic E-state index is 0.249. The van der Waals surface area contributed by atoms with Gasteiger partial charge in [-0.3, -0.25) is 9.59 Å². The van der Waals surface area contributed by atoms with E-state index in [1.165, 1.54) is 24.0 Å². The number of hydrogen-bond donors (Lipinski definition) is 0. The highest BCUT2D eigenvalue weighted by Gasteiger charge is 2.51. The number of ether oxygens (including phenoxy) is 1. The molecule has 1 atom stereocenters. The Morgan fingerprint density at radius 2 is 1.85 bits per heavy atom. The summed E-state index contributed by atoms with van der Waals surface area (Å²) in [6.45, 7) is 4.04. The predicted octanol–water partition coefficient (Wildman–Crippen LogP) is 2.99. The van der Waals surface area contributed by atoms with Gasteiger partial charge in [-0.15, -0.1) is 0 Å². The molecule has 5 nitrogen and oxygen atoms in total. The molecular formula is C20H21FN2O3. The van der Waals surface area contributed by atoms with Gasteiger partial charge in [-0.05, 0) is 43.7 Å². The Kier molecular flexibility index (Phi) is 4.68. The number of halogens is 1. The second-order valence-corrected chi connectivity index (χ2v) is 6.44. The van der Waals surface area contributed by atoms with E-state index in [1.54, 1.807) is 42.3 Å². The van der Waals surface area contributed by atoms with Gasteiger partial charge >= 0.3 is 0 Å². The highest BCUT2D eigenvalue weighted by Crippen LogP contribution is 2.38. The van der Waals surface area contributed by atoms with Gasteiger partial charge in [0.25, 0.3) is 17.4 Å². The molecule has 0 saturated heterocycles. The molecule has 1 heterocycles. The van der Waals surface area contributed by atoms with Crippen LogP contribution in [-0.4, -0.2) is 35.9 Å². The number of carbonyl (C=O) groups is 2. The molecule has 1 unspecified atom stereocenters. The first-order valence-corrected chi connectivity index (χ1v) is 8.47. The summed E-state index contributed by atoms with van der Waals surface area (Å²) in [4.78, 5) is 29.0. The molecule has 0 saturated carbocycles. The molecule has 0 fully saturated rings. The lowest BCUT2D eigenvalue weighted by molar-refractivity contribution is -0.155. The molecule has 2 aromatic carbocycles. The van der Waals surface area contributed by atoms with Crippen molar-refractivity contribution in [3.8, 4) is 5.75 Å². The van der Waals surface area contributed by atoms with Crippen molar-refractivity contribution in [2.45, 2.75) is 26.0 Å². The number of fused-ring (bicyclic) bond motifs is 1. The highest BCUT2D eigenvalue weighted by molar-refractivity contribution is 6.16. The third kappa shape index (κ3) is 3.03. The Bertz CT molecular complexity index is 837. The van der Waals surface area contributed by atoms with E-state index < -0.39 is 17.4 Å². The molecule has 0 spiro atoms. The molecule has 0 aliphatic carbocycles. The molecule has 1 aliphatic rings. The van der Waals surface area contributed by atoms with Crippen LogP contribution in [0.3, 0.4) is 0 Å². The third-order valence-electron chi connectivity index (χ3n) is 4.53. The number of carbonyl (C=O) groups excluding carboxylic acids is 2. The first-order valence-electron chi connectivity index (χ1n) is 8.47. The minimum Gasteiger partial charge on any atom is -0.465 e. The van der Waals surface area contributed by atoms with Crippen molar-refractivity contribution >= 4 is 17.5 Å². The third-order valence-corrected chi connectivity index (χ3v) is 4.53. The first kappa shape index (κ1) is 17.9. The second-order valence-electron chi connectivity index (χ2n) is 6.44. The zero-order chi connectivity index (χ0) is 18.9. The Morgan fingerprint density at radius 1 is 1.19 bits per heavy atom. The standard InChI is InChI=1S/C20H21FN2O3/c1-4-23-16-7-5-6-8-17(16)26-20(2,19(23)25)18(24)22(3)13-14-9-11-15(21)12-10-14/h5-12H,4,13H2,1-3H3. The SMILES string of the molecule is CCN1C(=O)C(C)(C(=O)N(C)Cc2ccc(F)cc2)Oc2ccccc21. The van der Waals surface area contributed by atoms with E-state index in [1.807, 2.05) is 13.0 Å². The van der Waals surface area contributed by atoms with Crippen molar-refractivity contribution in [2.24, 2.45) is 0 Å². The van der Waals surface area contributed by atoms with Crippen LogP contribution in [0.1, 0.15) is 19.4 Å². The van der Waals surface area contributed by atoms with E-state index in [-0.39, 0.29) is 12.4 Å². The van der Waals surface area contributed by atoms with E-state index in [0.717, 1.165) is 5.56 Å². The van der Waals surface area contributed by atoms with Crippen LogP contribution in [0.4, 0.5) is 10.1 Å². The predicted molar refractivity (Wildman–Crippen MR) is 96.4 cm³/mol.